The highest BCUT2D eigenvalue weighted by atomic mass is 35.5. The van der Waals surface area contributed by atoms with Gasteiger partial charge in [-0.15, -0.1) is 0 Å². The summed E-state index contributed by atoms with van der Waals surface area (Å²) in [5, 5.41) is 6.59. The number of halogens is 1. The van der Waals surface area contributed by atoms with Crippen molar-refractivity contribution in [3.63, 3.8) is 0 Å². The van der Waals surface area contributed by atoms with Crippen LogP contribution in [0.15, 0.2) is 18.2 Å². The Morgan fingerprint density at radius 3 is 2.95 bits per heavy atom. The number of benzene rings is 1. The molecule has 1 atom stereocenters. The standard InChI is InChI=1S/C15H22ClN3O2/c1-19(2)7-8-21-14-4-3-12(9-13(14)16)18-15(20)11-5-6-17-10-11/h3-4,9,11,17H,5-8,10H2,1-2H3,(H,18,20). The predicted octanol–water partition coefficient (Wildman–Crippen LogP) is 1.83. The molecule has 1 aliphatic rings. The number of hydrogen-bond acceptors (Lipinski definition) is 4. The van der Waals surface area contributed by atoms with Crippen LogP contribution < -0.4 is 15.4 Å². The van der Waals surface area contributed by atoms with Crippen LogP contribution in [0, 0.1) is 5.92 Å². The van der Waals surface area contributed by atoms with Gasteiger partial charge in [0.1, 0.15) is 12.4 Å². The monoisotopic (exact) mass is 311 g/mol. The molecule has 116 valence electrons. The normalized spacial score (nSPS) is 18.0. The second-order valence-corrected chi connectivity index (χ2v) is 5.88. The van der Waals surface area contributed by atoms with Gasteiger partial charge in [-0.2, -0.15) is 0 Å². The molecule has 0 radical (unpaired) electrons. The van der Waals surface area contributed by atoms with Crippen LogP contribution in [0.1, 0.15) is 6.42 Å². The van der Waals surface area contributed by atoms with Gasteiger partial charge in [-0.1, -0.05) is 11.6 Å². The minimum atomic E-state index is 0.0392. The molecule has 0 spiro atoms. The smallest absolute Gasteiger partial charge is 0.228 e. The number of nitrogens with zero attached hydrogens (tertiary/aromatic N) is 1. The predicted molar refractivity (Wildman–Crippen MR) is 85.1 cm³/mol. The molecule has 2 N–H and O–H groups in total. The summed E-state index contributed by atoms with van der Waals surface area (Å²) in [6.07, 6.45) is 0.880. The molecule has 1 aromatic rings. The lowest BCUT2D eigenvalue weighted by atomic mass is 10.1. The Hall–Kier alpha value is -1.30. The van der Waals surface area contributed by atoms with Gasteiger partial charge in [0, 0.05) is 18.8 Å². The van der Waals surface area contributed by atoms with Gasteiger partial charge in [-0.25, -0.2) is 0 Å². The van der Waals surface area contributed by atoms with Gasteiger partial charge in [0.05, 0.1) is 10.9 Å². The van der Waals surface area contributed by atoms with E-state index in [0.29, 0.717) is 23.1 Å². The minimum absolute atomic E-state index is 0.0392. The zero-order valence-corrected chi connectivity index (χ0v) is 13.2. The Morgan fingerprint density at radius 2 is 2.33 bits per heavy atom. The average Bonchev–Trinajstić information content (AvgIpc) is 2.95. The Balaban J connectivity index is 1.90. The highest BCUT2D eigenvalue weighted by Gasteiger charge is 2.22. The minimum Gasteiger partial charge on any atom is -0.491 e. The number of amides is 1. The summed E-state index contributed by atoms with van der Waals surface area (Å²) in [5.41, 5.74) is 0.705. The summed E-state index contributed by atoms with van der Waals surface area (Å²) < 4.78 is 5.61. The Kier molecular flexibility index (Phi) is 5.85. The van der Waals surface area contributed by atoms with E-state index in [-0.39, 0.29) is 11.8 Å². The summed E-state index contributed by atoms with van der Waals surface area (Å²) >= 11 is 6.19. The van der Waals surface area contributed by atoms with Crippen molar-refractivity contribution in [2.45, 2.75) is 6.42 Å². The van der Waals surface area contributed by atoms with Gasteiger partial charge in [-0.3, -0.25) is 4.79 Å². The molecule has 1 heterocycles. The molecule has 1 fully saturated rings. The van der Waals surface area contributed by atoms with Crippen molar-refractivity contribution in [2.24, 2.45) is 5.92 Å². The second kappa shape index (κ2) is 7.64. The molecule has 0 saturated carbocycles. The third kappa shape index (κ3) is 4.88. The zero-order chi connectivity index (χ0) is 15.2. The third-order valence-corrected chi connectivity index (χ3v) is 3.72. The van der Waals surface area contributed by atoms with Crippen molar-refractivity contribution in [1.82, 2.24) is 10.2 Å². The molecule has 0 bridgehead atoms. The fourth-order valence-corrected chi connectivity index (χ4v) is 2.39. The summed E-state index contributed by atoms with van der Waals surface area (Å²) in [7, 11) is 3.98. The maximum absolute atomic E-state index is 12.0. The fourth-order valence-electron chi connectivity index (χ4n) is 2.16. The van der Waals surface area contributed by atoms with E-state index >= 15 is 0 Å². The lowest BCUT2D eigenvalue weighted by Crippen LogP contribution is -2.24. The first-order chi connectivity index (χ1) is 10.1. The van der Waals surface area contributed by atoms with E-state index in [0.717, 1.165) is 26.1 Å². The maximum atomic E-state index is 12.0. The molecule has 1 unspecified atom stereocenters. The number of nitrogens with one attached hydrogen (secondary N) is 2. The molecule has 1 aliphatic heterocycles. The first kappa shape index (κ1) is 16.1. The number of carbonyl (C=O) groups is 1. The van der Waals surface area contributed by atoms with Crippen molar-refractivity contribution >= 4 is 23.2 Å². The average molecular weight is 312 g/mol. The van der Waals surface area contributed by atoms with E-state index < -0.39 is 0 Å². The molecule has 2 rings (SSSR count). The molecular formula is C15H22ClN3O2. The van der Waals surface area contributed by atoms with Gasteiger partial charge in [-0.05, 0) is 45.3 Å². The van der Waals surface area contributed by atoms with Gasteiger partial charge in [0.25, 0.3) is 0 Å². The molecular weight excluding hydrogens is 290 g/mol. The van der Waals surface area contributed by atoms with Gasteiger partial charge >= 0.3 is 0 Å². The largest absolute Gasteiger partial charge is 0.491 e. The molecule has 5 nitrogen and oxygen atoms in total. The van der Waals surface area contributed by atoms with Crippen LogP contribution in [-0.2, 0) is 4.79 Å². The summed E-state index contributed by atoms with van der Waals surface area (Å²) in [6.45, 7) is 3.04. The SMILES string of the molecule is CN(C)CCOc1ccc(NC(=O)C2CCNC2)cc1Cl. The molecule has 0 aromatic heterocycles. The molecule has 21 heavy (non-hydrogen) atoms. The van der Waals surface area contributed by atoms with E-state index in [9.17, 15) is 4.79 Å². The number of rotatable bonds is 6. The quantitative estimate of drug-likeness (QED) is 0.841. The molecule has 1 saturated heterocycles. The first-order valence-electron chi connectivity index (χ1n) is 7.15. The van der Waals surface area contributed by atoms with Crippen LogP contribution in [-0.4, -0.2) is 51.1 Å². The van der Waals surface area contributed by atoms with Crippen molar-refractivity contribution in [3.05, 3.63) is 23.2 Å². The van der Waals surface area contributed by atoms with E-state index in [2.05, 4.69) is 10.6 Å². The van der Waals surface area contributed by atoms with Gasteiger partial charge in [0.15, 0.2) is 0 Å². The zero-order valence-electron chi connectivity index (χ0n) is 12.5. The van der Waals surface area contributed by atoms with Crippen molar-refractivity contribution < 1.29 is 9.53 Å². The Bertz CT molecular complexity index is 488. The Morgan fingerprint density at radius 1 is 1.52 bits per heavy atom. The van der Waals surface area contributed by atoms with Crippen LogP contribution >= 0.6 is 11.6 Å². The highest BCUT2D eigenvalue weighted by Crippen LogP contribution is 2.28. The number of anilines is 1. The van der Waals surface area contributed by atoms with Crippen LogP contribution in [0.3, 0.4) is 0 Å². The third-order valence-electron chi connectivity index (χ3n) is 3.43. The summed E-state index contributed by atoms with van der Waals surface area (Å²) in [4.78, 5) is 14.1. The van der Waals surface area contributed by atoms with Crippen molar-refractivity contribution in [1.29, 1.82) is 0 Å². The number of ether oxygens (including phenoxy) is 1. The summed E-state index contributed by atoms with van der Waals surface area (Å²) in [6, 6.07) is 5.34. The van der Waals surface area contributed by atoms with E-state index in [1.54, 1.807) is 12.1 Å². The number of hydrogen-bond donors (Lipinski definition) is 2. The maximum Gasteiger partial charge on any atom is 0.228 e. The fraction of sp³-hybridized carbons (Fsp3) is 0.533. The molecule has 1 amide bonds. The van der Waals surface area contributed by atoms with Crippen LogP contribution in [0.5, 0.6) is 5.75 Å². The lowest BCUT2D eigenvalue weighted by Gasteiger charge is -2.14. The summed E-state index contributed by atoms with van der Waals surface area (Å²) in [5.74, 6) is 0.719. The van der Waals surface area contributed by atoms with Crippen LogP contribution in [0.2, 0.25) is 5.02 Å². The van der Waals surface area contributed by atoms with Gasteiger partial charge in [0.2, 0.25) is 5.91 Å². The molecule has 0 aliphatic carbocycles. The Labute approximate surface area is 130 Å². The van der Waals surface area contributed by atoms with Crippen LogP contribution in [0.4, 0.5) is 5.69 Å². The van der Waals surface area contributed by atoms with E-state index in [4.69, 9.17) is 16.3 Å². The van der Waals surface area contributed by atoms with Gasteiger partial charge < -0.3 is 20.3 Å². The molecule has 6 heteroatoms. The topological polar surface area (TPSA) is 53.6 Å². The number of likely N-dealkylation sites (N-methyl/N-ethyl adjacent to an activating group) is 1. The van der Waals surface area contributed by atoms with Crippen molar-refractivity contribution in [3.8, 4) is 5.75 Å². The second-order valence-electron chi connectivity index (χ2n) is 5.48. The van der Waals surface area contributed by atoms with Crippen LogP contribution in [0.25, 0.3) is 0 Å². The number of carbonyl (C=O) groups excluding carboxylic acids is 1. The van der Waals surface area contributed by atoms with E-state index in [1.165, 1.54) is 0 Å². The van der Waals surface area contributed by atoms with Crippen molar-refractivity contribution in [2.75, 3.05) is 45.7 Å². The lowest BCUT2D eigenvalue weighted by molar-refractivity contribution is -0.119. The molecule has 1 aromatic carbocycles. The first-order valence-corrected chi connectivity index (χ1v) is 7.52. The van der Waals surface area contributed by atoms with E-state index in [1.807, 2.05) is 25.1 Å². The highest BCUT2D eigenvalue weighted by molar-refractivity contribution is 6.32.